The Kier molecular flexibility index (Phi) is 11.6. The molecule has 0 aromatic carbocycles. The highest BCUT2D eigenvalue weighted by Crippen LogP contribution is 2.21. The van der Waals surface area contributed by atoms with Crippen LogP contribution in [0.25, 0.3) is 0 Å². The molecule has 5 atom stereocenters. The Balaban J connectivity index is 0. The number of rotatable bonds is 2. The van der Waals surface area contributed by atoms with Crippen LogP contribution in [0.5, 0.6) is 0 Å². The second kappa shape index (κ2) is 10.8. The quantitative estimate of drug-likeness (QED) is 0.392. The summed E-state index contributed by atoms with van der Waals surface area (Å²) in [6.07, 6.45) is -6.75. The highest BCUT2D eigenvalue weighted by Gasteiger charge is 2.44. The molecule has 1 rings (SSSR count). The predicted molar refractivity (Wildman–Crippen MR) is 68.7 cm³/mol. The molecule has 20 heavy (non-hydrogen) atoms. The average Bonchev–Trinajstić information content (AvgIpc) is 2.54. The Hall–Kier alpha value is -0.900. The lowest BCUT2D eigenvalue weighted by atomic mass is 10.1. The van der Waals surface area contributed by atoms with E-state index in [9.17, 15) is 9.59 Å². The first kappa shape index (κ1) is 21.4. The Labute approximate surface area is 117 Å². The van der Waals surface area contributed by atoms with Crippen molar-refractivity contribution in [3.05, 3.63) is 0 Å². The lowest BCUT2D eigenvalue weighted by molar-refractivity contribution is -0.150. The van der Waals surface area contributed by atoms with Gasteiger partial charge in [0, 0.05) is 0 Å². The van der Waals surface area contributed by atoms with Crippen LogP contribution in [0.4, 0.5) is 0 Å². The van der Waals surface area contributed by atoms with E-state index in [-0.39, 0.29) is 11.6 Å². The number of ether oxygens (including phenoxy) is 1. The van der Waals surface area contributed by atoms with Gasteiger partial charge in [-0.2, -0.15) is 0 Å². The van der Waals surface area contributed by atoms with E-state index in [0.29, 0.717) is 0 Å². The highest BCUT2D eigenvalue weighted by atomic mass is 16.6. The Morgan fingerprint density at radius 1 is 1.00 bits per heavy atom. The van der Waals surface area contributed by atoms with Crippen LogP contribution in [-0.4, -0.2) is 74.4 Å². The van der Waals surface area contributed by atoms with E-state index < -0.39 is 37.3 Å². The first-order valence-electron chi connectivity index (χ1n) is 5.97. The van der Waals surface area contributed by atoms with Crippen molar-refractivity contribution in [2.75, 3.05) is 6.61 Å². The zero-order chi connectivity index (χ0) is 16.5. The fourth-order valence-electron chi connectivity index (χ4n) is 1.11. The van der Waals surface area contributed by atoms with E-state index >= 15 is 0 Å². The third-order valence-electron chi connectivity index (χ3n) is 1.84. The summed E-state index contributed by atoms with van der Waals surface area (Å²) in [5, 5.41) is 44.4. The maximum atomic E-state index is 9.44. The van der Waals surface area contributed by atoms with Gasteiger partial charge in [0.2, 0.25) is 0 Å². The van der Waals surface area contributed by atoms with Gasteiger partial charge in [0.15, 0.2) is 6.29 Å². The number of aliphatic hydroxyl groups is 5. The SMILES string of the molecule is CC(C)=O.CC(C)=O.OC[C@@H](O)[C@H]1OC(O)[C@H](O)[C@H]1O. The van der Waals surface area contributed by atoms with Gasteiger partial charge in [0.25, 0.3) is 0 Å². The van der Waals surface area contributed by atoms with Crippen LogP contribution in [0, 0.1) is 0 Å². The summed E-state index contributed by atoms with van der Waals surface area (Å²) in [5.74, 6) is 0.333. The van der Waals surface area contributed by atoms with E-state index in [1.165, 1.54) is 27.7 Å². The van der Waals surface area contributed by atoms with Gasteiger partial charge in [-0.15, -0.1) is 0 Å². The molecule has 1 heterocycles. The molecule has 0 aromatic heterocycles. The maximum Gasteiger partial charge on any atom is 0.184 e. The highest BCUT2D eigenvalue weighted by molar-refractivity contribution is 5.72. The Morgan fingerprint density at radius 2 is 1.35 bits per heavy atom. The van der Waals surface area contributed by atoms with E-state index in [1.54, 1.807) is 0 Å². The lowest BCUT2D eigenvalue weighted by Crippen LogP contribution is -2.40. The van der Waals surface area contributed by atoms with Crippen molar-refractivity contribution in [1.82, 2.24) is 0 Å². The number of ketones is 2. The van der Waals surface area contributed by atoms with Gasteiger partial charge in [0.05, 0.1) is 6.61 Å². The molecule has 0 bridgehead atoms. The molecule has 0 radical (unpaired) electrons. The zero-order valence-corrected chi connectivity index (χ0v) is 12.1. The van der Waals surface area contributed by atoms with Crippen LogP contribution < -0.4 is 0 Å². The van der Waals surface area contributed by atoms with Gasteiger partial charge in [-0.1, -0.05) is 0 Å². The number of hydrogen-bond donors (Lipinski definition) is 5. The second-order valence-electron chi connectivity index (χ2n) is 4.54. The molecule has 1 unspecified atom stereocenters. The Bertz CT molecular complexity index is 273. The molecular formula is C12H24O8. The molecule has 1 saturated heterocycles. The number of aliphatic hydroxyl groups excluding tert-OH is 5. The summed E-state index contributed by atoms with van der Waals surface area (Å²) in [7, 11) is 0. The molecule has 0 saturated carbocycles. The van der Waals surface area contributed by atoms with Crippen molar-refractivity contribution in [3.8, 4) is 0 Å². The molecule has 8 heteroatoms. The summed E-state index contributed by atoms with van der Waals surface area (Å²) in [6.45, 7) is 5.52. The van der Waals surface area contributed by atoms with Crippen LogP contribution >= 0.6 is 0 Å². The summed E-state index contributed by atoms with van der Waals surface area (Å²) >= 11 is 0. The van der Waals surface area contributed by atoms with E-state index in [2.05, 4.69) is 4.74 Å². The lowest BCUT2D eigenvalue weighted by Gasteiger charge is -2.18. The maximum absolute atomic E-state index is 9.44. The monoisotopic (exact) mass is 296 g/mol. The number of carbonyl (C=O) groups excluding carboxylic acids is 2. The third kappa shape index (κ3) is 9.96. The Morgan fingerprint density at radius 3 is 1.55 bits per heavy atom. The number of hydrogen-bond acceptors (Lipinski definition) is 8. The molecule has 1 fully saturated rings. The molecule has 0 aromatic rings. The van der Waals surface area contributed by atoms with Crippen LogP contribution in [0.15, 0.2) is 0 Å². The van der Waals surface area contributed by atoms with Crippen LogP contribution in [0.3, 0.4) is 0 Å². The topological polar surface area (TPSA) is 145 Å². The fraction of sp³-hybridized carbons (Fsp3) is 0.833. The van der Waals surface area contributed by atoms with E-state index in [0.717, 1.165) is 0 Å². The zero-order valence-electron chi connectivity index (χ0n) is 12.1. The van der Waals surface area contributed by atoms with Crippen molar-refractivity contribution < 1.29 is 39.9 Å². The van der Waals surface area contributed by atoms with Crippen molar-refractivity contribution in [2.24, 2.45) is 0 Å². The predicted octanol–water partition coefficient (Wildman–Crippen LogP) is -2.03. The minimum atomic E-state index is -1.51. The molecule has 0 aliphatic carbocycles. The van der Waals surface area contributed by atoms with Gasteiger partial charge in [-0.25, -0.2) is 0 Å². The molecular weight excluding hydrogens is 272 g/mol. The van der Waals surface area contributed by atoms with Crippen LogP contribution in [-0.2, 0) is 14.3 Å². The van der Waals surface area contributed by atoms with E-state index in [4.69, 9.17) is 25.5 Å². The fourth-order valence-corrected chi connectivity index (χ4v) is 1.11. The molecule has 0 spiro atoms. The largest absolute Gasteiger partial charge is 0.394 e. The molecule has 1 aliphatic rings. The van der Waals surface area contributed by atoms with Gasteiger partial charge in [0.1, 0.15) is 36.0 Å². The summed E-state index contributed by atoms with van der Waals surface area (Å²) in [6, 6.07) is 0. The van der Waals surface area contributed by atoms with Crippen LogP contribution in [0.1, 0.15) is 27.7 Å². The van der Waals surface area contributed by atoms with Gasteiger partial charge < -0.3 is 39.9 Å². The molecule has 120 valence electrons. The summed E-state index contributed by atoms with van der Waals surface area (Å²) in [4.78, 5) is 18.9. The normalized spacial score (nSPS) is 29.4. The molecule has 0 amide bonds. The summed E-state index contributed by atoms with van der Waals surface area (Å²) in [5.41, 5.74) is 0. The molecule has 5 N–H and O–H groups in total. The van der Waals surface area contributed by atoms with Gasteiger partial charge in [-0.05, 0) is 27.7 Å². The molecule has 1 aliphatic heterocycles. The first-order chi connectivity index (χ1) is 9.04. The molecule has 8 nitrogen and oxygen atoms in total. The van der Waals surface area contributed by atoms with Crippen LogP contribution in [0.2, 0.25) is 0 Å². The van der Waals surface area contributed by atoms with Crippen molar-refractivity contribution in [2.45, 2.75) is 58.4 Å². The smallest absolute Gasteiger partial charge is 0.184 e. The first-order valence-corrected chi connectivity index (χ1v) is 5.97. The minimum absolute atomic E-state index is 0.167. The van der Waals surface area contributed by atoms with Gasteiger partial charge in [-0.3, -0.25) is 0 Å². The van der Waals surface area contributed by atoms with Crippen molar-refractivity contribution in [1.29, 1.82) is 0 Å². The van der Waals surface area contributed by atoms with Gasteiger partial charge >= 0.3 is 0 Å². The minimum Gasteiger partial charge on any atom is -0.394 e. The second-order valence-corrected chi connectivity index (χ2v) is 4.54. The number of carbonyl (C=O) groups is 2. The van der Waals surface area contributed by atoms with Crippen molar-refractivity contribution in [3.63, 3.8) is 0 Å². The summed E-state index contributed by atoms with van der Waals surface area (Å²) < 4.78 is 4.58. The number of Topliss-reactive ketones (excluding diaryl/α,β-unsaturated/α-hetero) is 2. The van der Waals surface area contributed by atoms with E-state index in [1.807, 2.05) is 0 Å². The van der Waals surface area contributed by atoms with Crippen molar-refractivity contribution >= 4 is 11.6 Å². The third-order valence-corrected chi connectivity index (χ3v) is 1.84. The standard InChI is InChI=1S/C6H12O6.2C3H6O/c7-1-2(8)5-3(9)4(10)6(11)12-5;2*1-3(2)4/h2-11H,1H2;2*1-2H3/t2-,3-,4-,5-,6?;;/m1../s1. The average molecular weight is 296 g/mol.